The molecule has 1 aliphatic heterocycles. The van der Waals surface area contributed by atoms with Crippen molar-refractivity contribution in [3.05, 3.63) is 64.2 Å². The van der Waals surface area contributed by atoms with Crippen LogP contribution in [0.1, 0.15) is 63.8 Å². The van der Waals surface area contributed by atoms with Crippen LogP contribution in [0, 0.1) is 31.6 Å². The standard InChI is InChI=1S/C24H27NO2/c1-13-10-14(2)20-19(11-13)25-23(22-18-9-8-17(12-18)21(20)22)15-4-6-16(7-5-15)24(26)27-3/h4-7,10-11,17-18,21-23,25H,8-9,12H2,1-3H3/t17-,18-,21+,22+,23-/m0/s1. The summed E-state index contributed by atoms with van der Waals surface area (Å²) in [7, 11) is 1.43. The Labute approximate surface area is 161 Å². The summed E-state index contributed by atoms with van der Waals surface area (Å²) >= 11 is 0. The van der Waals surface area contributed by atoms with Crippen molar-refractivity contribution in [2.45, 2.75) is 45.1 Å². The fraction of sp³-hybridized carbons (Fsp3) is 0.458. The monoisotopic (exact) mass is 361 g/mol. The average Bonchev–Trinajstić information content (AvgIpc) is 3.28. The molecule has 0 saturated heterocycles. The van der Waals surface area contributed by atoms with Crippen molar-refractivity contribution in [3.63, 3.8) is 0 Å². The number of esters is 1. The first-order chi connectivity index (χ1) is 13.1. The van der Waals surface area contributed by atoms with Gasteiger partial charge in [0.15, 0.2) is 0 Å². The smallest absolute Gasteiger partial charge is 0.337 e. The predicted octanol–water partition coefficient (Wildman–Crippen LogP) is 5.39. The van der Waals surface area contributed by atoms with Crippen molar-refractivity contribution in [3.8, 4) is 0 Å². The van der Waals surface area contributed by atoms with Crippen molar-refractivity contribution >= 4 is 11.7 Å². The van der Waals surface area contributed by atoms with Crippen LogP contribution in [0.2, 0.25) is 0 Å². The Kier molecular flexibility index (Phi) is 3.82. The van der Waals surface area contributed by atoms with Gasteiger partial charge in [-0.25, -0.2) is 4.79 Å². The number of ether oxygens (including phenoxy) is 1. The molecule has 5 rings (SSSR count). The molecule has 1 heterocycles. The van der Waals surface area contributed by atoms with E-state index in [1.807, 2.05) is 12.1 Å². The lowest BCUT2D eigenvalue weighted by Gasteiger charge is -2.44. The maximum Gasteiger partial charge on any atom is 0.337 e. The third-order valence-electron chi connectivity index (χ3n) is 7.23. The molecule has 3 aliphatic rings. The Balaban J connectivity index is 1.58. The second-order valence-corrected chi connectivity index (χ2v) is 8.71. The van der Waals surface area contributed by atoms with Crippen LogP contribution in [0.3, 0.4) is 0 Å². The zero-order valence-electron chi connectivity index (χ0n) is 16.3. The number of rotatable bonds is 2. The number of hydrogen-bond donors (Lipinski definition) is 1. The molecule has 2 saturated carbocycles. The minimum Gasteiger partial charge on any atom is -0.465 e. The Morgan fingerprint density at radius 2 is 1.81 bits per heavy atom. The number of aryl methyl sites for hydroxylation is 2. The van der Waals surface area contributed by atoms with Crippen molar-refractivity contribution in [2.75, 3.05) is 12.4 Å². The molecular formula is C24H27NO2. The van der Waals surface area contributed by atoms with E-state index in [0.717, 1.165) is 11.8 Å². The largest absolute Gasteiger partial charge is 0.465 e. The topological polar surface area (TPSA) is 38.3 Å². The van der Waals surface area contributed by atoms with Crippen LogP contribution in [0.4, 0.5) is 5.69 Å². The van der Waals surface area contributed by atoms with Crippen LogP contribution in [-0.4, -0.2) is 13.1 Å². The summed E-state index contributed by atoms with van der Waals surface area (Å²) in [6.45, 7) is 4.46. The van der Waals surface area contributed by atoms with Crippen LogP contribution in [0.15, 0.2) is 36.4 Å². The molecule has 0 radical (unpaired) electrons. The van der Waals surface area contributed by atoms with Crippen LogP contribution in [0.5, 0.6) is 0 Å². The molecule has 2 aliphatic carbocycles. The van der Waals surface area contributed by atoms with Crippen molar-refractivity contribution < 1.29 is 9.53 Å². The summed E-state index contributed by atoms with van der Waals surface area (Å²) in [5, 5.41) is 3.90. The van der Waals surface area contributed by atoms with Crippen LogP contribution in [-0.2, 0) is 4.74 Å². The van der Waals surface area contributed by atoms with Gasteiger partial charge in [0.1, 0.15) is 0 Å². The first-order valence-electron chi connectivity index (χ1n) is 10.1. The molecule has 0 unspecified atom stereocenters. The van der Waals surface area contributed by atoms with Gasteiger partial charge in [0, 0.05) is 5.69 Å². The first-order valence-corrected chi connectivity index (χ1v) is 10.1. The molecule has 0 amide bonds. The fourth-order valence-corrected chi connectivity index (χ4v) is 6.30. The van der Waals surface area contributed by atoms with E-state index in [1.165, 1.54) is 48.8 Å². The Morgan fingerprint density at radius 3 is 2.56 bits per heavy atom. The molecule has 27 heavy (non-hydrogen) atoms. The molecule has 0 spiro atoms. The highest BCUT2D eigenvalue weighted by molar-refractivity contribution is 5.89. The van der Waals surface area contributed by atoms with Gasteiger partial charge in [0.05, 0.1) is 18.7 Å². The number of anilines is 1. The third kappa shape index (κ3) is 2.51. The normalized spacial score (nSPS) is 30.4. The number of nitrogens with one attached hydrogen (secondary N) is 1. The lowest BCUT2D eigenvalue weighted by atomic mass is 9.67. The predicted molar refractivity (Wildman–Crippen MR) is 107 cm³/mol. The van der Waals surface area contributed by atoms with Gasteiger partial charge in [-0.1, -0.05) is 18.2 Å². The highest BCUT2D eigenvalue weighted by Crippen LogP contribution is 2.64. The summed E-state index contributed by atoms with van der Waals surface area (Å²) in [4.78, 5) is 11.8. The summed E-state index contributed by atoms with van der Waals surface area (Å²) in [6, 6.07) is 13.0. The van der Waals surface area contributed by atoms with E-state index in [1.54, 1.807) is 5.56 Å². The molecule has 0 aromatic heterocycles. The van der Waals surface area contributed by atoms with Gasteiger partial charge >= 0.3 is 5.97 Å². The minimum absolute atomic E-state index is 0.271. The summed E-state index contributed by atoms with van der Waals surface area (Å²) in [5.41, 5.74) is 7.56. The lowest BCUT2D eigenvalue weighted by molar-refractivity contribution is 0.0600. The molecular weight excluding hydrogens is 334 g/mol. The molecule has 1 N–H and O–H groups in total. The van der Waals surface area contributed by atoms with E-state index in [2.05, 4.69) is 43.4 Å². The average molecular weight is 361 g/mol. The quantitative estimate of drug-likeness (QED) is 0.729. The molecule has 2 fully saturated rings. The molecule has 140 valence electrons. The third-order valence-corrected chi connectivity index (χ3v) is 7.23. The zero-order valence-corrected chi connectivity index (χ0v) is 16.3. The highest BCUT2D eigenvalue weighted by atomic mass is 16.5. The van der Waals surface area contributed by atoms with E-state index < -0.39 is 0 Å². The Hall–Kier alpha value is -2.29. The molecule has 3 nitrogen and oxygen atoms in total. The molecule has 3 heteroatoms. The first kappa shape index (κ1) is 16.9. The van der Waals surface area contributed by atoms with Crippen LogP contribution in [0.25, 0.3) is 0 Å². The van der Waals surface area contributed by atoms with E-state index in [-0.39, 0.29) is 5.97 Å². The van der Waals surface area contributed by atoms with Gasteiger partial charge < -0.3 is 10.1 Å². The minimum atomic E-state index is -0.271. The molecule has 2 aromatic carbocycles. The Bertz CT molecular complexity index is 901. The van der Waals surface area contributed by atoms with E-state index in [4.69, 9.17) is 4.74 Å². The number of benzene rings is 2. The van der Waals surface area contributed by atoms with Gasteiger partial charge in [0.2, 0.25) is 0 Å². The Morgan fingerprint density at radius 1 is 1.07 bits per heavy atom. The number of carbonyl (C=O) groups is 1. The maximum atomic E-state index is 11.8. The van der Waals surface area contributed by atoms with E-state index >= 15 is 0 Å². The van der Waals surface area contributed by atoms with Gasteiger partial charge in [0.25, 0.3) is 0 Å². The van der Waals surface area contributed by atoms with Gasteiger partial charge in [-0.15, -0.1) is 0 Å². The van der Waals surface area contributed by atoms with E-state index in [0.29, 0.717) is 23.4 Å². The summed E-state index contributed by atoms with van der Waals surface area (Å²) < 4.78 is 4.85. The van der Waals surface area contributed by atoms with Crippen LogP contribution < -0.4 is 5.32 Å². The summed E-state index contributed by atoms with van der Waals surface area (Å²) in [6.07, 6.45) is 4.12. The number of fused-ring (bicyclic) bond motifs is 7. The maximum absolute atomic E-state index is 11.8. The van der Waals surface area contributed by atoms with Crippen molar-refractivity contribution in [1.82, 2.24) is 0 Å². The highest BCUT2D eigenvalue weighted by Gasteiger charge is 2.54. The molecule has 5 atom stereocenters. The second kappa shape index (κ2) is 6.12. The number of hydrogen-bond acceptors (Lipinski definition) is 3. The SMILES string of the molecule is COC(=O)c1ccc([C@@H]2Nc3cc(C)cc(C)c3[C@H]3[C@H]4CC[C@@H](C4)[C@H]32)cc1. The summed E-state index contributed by atoms with van der Waals surface area (Å²) in [5.74, 6) is 2.70. The van der Waals surface area contributed by atoms with Crippen molar-refractivity contribution in [2.24, 2.45) is 17.8 Å². The number of methoxy groups -OCH3 is 1. The molecule has 2 bridgehead atoms. The van der Waals surface area contributed by atoms with Crippen molar-refractivity contribution in [1.29, 1.82) is 0 Å². The molecule has 2 aromatic rings. The van der Waals surface area contributed by atoms with Gasteiger partial charge in [-0.05, 0) is 97.2 Å². The lowest BCUT2D eigenvalue weighted by Crippen LogP contribution is -2.36. The fourth-order valence-electron chi connectivity index (χ4n) is 6.30. The number of carbonyl (C=O) groups excluding carboxylic acids is 1. The van der Waals surface area contributed by atoms with E-state index in [9.17, 15) is 4.79 Å². The zero-order chi connectivity index (χ0) is 18.7. The van der Waals surface area contributed by atoms with Crippen LogP contribution >= 0.6 is 0 Å². The van der Waals surface area contributed by atoms with Gasteiger partial charge in [-0.3, -0.25) is 0 Å². The van der Waals surface area contributed by atoms with Gasteiger partial charge in [-0.2, -0.15) is 0 Å². The second-order valence-electron chi connectivity index (χ2n) is 8.71.